The number of aliphatic hydroxyl groups excluding tert-OH is 1. The topological polar surface area (TPSA) is 160 Å². The van der Waals surface area contributed by atoms with E-state index in [1.165, 1.54) is 19.1 Å². The molecule has 13 heteroatoms. The molecule has 0 saturated heterocycles. The molecule has 3 aliphatic carbocycles. The minimum absolute atomic E-state index is 0.0224. The van der Waals surface area contributed by atoms with Gasteiger partial charge < -0.3 is 24.3 Å². The van der Waals surface area contributed by atoms with Crippen molar-refractivity contribution in [1.82, 2.24) is 10.9 Å². The molecular weight excluding hydrogens is 586 g/mol. The average molecular weight is 629 g/mol. The second kappa shape index (κ2) is 12.1. The summed E-state index contributed by atoms with van der Waals surface area (Å²) in [6, 6.07) is 2.92. The summed E-state index contributed by atoms with van der Waals surface area (Å²) >= 11 is 0. The Kier molecular flexibility index (Phi) is 8.93. The first-order chi connectivity index (χ1) is 21.1. The Bertz CT molecular complexity index is 1420. The Hall–Kier alpha value is -3.29. The van der Waals surface area contributed by atoms with E-state index in [1.807, 2.05) is 13.8 Å². The smallest absolute Gasteiger partial charge is 0.479 e. The number of rotatable bonds is 6. The minimum atomic E-state index is -1.43. The molecule has 4 N–H and O–H groups in total. The molecule has 0 unspecified atom stereocenters. The van der Waals surface area contributed by atoms with E-state index in [1.54, 1.807) is 19.1 Å². The van der Waals surface area contributed by atoms with Crippen LogP contribution in [0.4, 0.5) is 4.39 Å². The van der Waals surface area contributed by atoms with Crippen LogP contribution in [-0.2, 0) is 35.2 Å². The standard InChI is InChI=1S/C32H42BFN2O9/c1-17-8-12-32-13-9-21(38)28(32)31(17,5)23(14-30(4,29(41)18(32)2)11-10-24(39)36-35-19(3)37)45-25(40)16-43-22-7-6-20-15-44-33(42)26(20)27(22)34/h6-7,10-11,17-18,23,28-29,41-42H,8-9,12-16H2,1-5H3,(H,35,37)(H,36,39)/b11-10+/t17-,18-,23+,28-,29-,30+,31-,32-/m0/s1. The molecule has 3 saturated carbocycles. The molecule has 2 bridgehead atoms. The number of halogens is 1. The highest BCUT2D eigenvalue weighted by atomic mass is 19.1. The van der Waals surface area contributed by atoms with Crippen LogP contribution in [0.2, 0.25) is 0 Å². The number of esters is 1. The number of hydrogen-bond acceptors (Lipinski definition) is 9. The lowest BCUT2D eigenvalue weighted by Gasteiger charge is -2.61. The zero-order chi connectivity index (χ0) is 32.9. The third-order valence-electron chi connectivity index (χ3n) is 11.3. The van der Waals surface area contributed by atoms with Gasteiger partial charge in [0.25, 0.3) is 5.91 Å². The van der Waals surface area contributed by atoms with E-state index in [0.717, 1.165) is 12.8 Å². The van der Waals surface area contributed by atoms with Crippen LogP contribution >= 0.6 is 0 Å². The fraction of sp³-hybridized carbons (Fsp3) is 0.625. The van der Waals surface area contributed by atoms with Gasteiger partial charge in [-0.2, -0.15) is 0 Å². The third-order valence-corrected chi connectivity index (χ3v) is 11.3. The Morgan fingerprint density at radius 3 is 2.64 bits per heavy atom. The van der Waals surface area contributed by atoms with Crippen LogP contribution in [0.5, 0.6) is 5.75 Å². The number of benzene rings is 1. The number of hydrazine groups is 1. The molecule has 1 aromatic rings. The van der Waals surface area contributed by atoms with Crippen molar-refractivity contribution in [3.8, 4) is 5.75 Å². The molecule has 0 aromatic heterocycles. The van der Waals surface area contributed by atoms with Crippen molar-refractivity contribution in [2.45, 2.75) is 85.5 Å². The predicted molar refractivity (Wildman–Crippen MR) is 160 cm³/mol. The van der Waals surface area contributed by atoms with Crippen molar-refractivity contribution >= 4 is 36.1 Å². The van der Waals surface area contributed by atoms with Gasteiger partial charge >= 0.3 is 13.1 Å². The molecule has 1 heterocycles. The summed E-state index contributed by atoms with van der Waals surface area (Å²) in [4.78, 5) is 50.9. The maximum atomic E-state index is 15.1. The molecule has 8 atom stereocenters. The van der Waals surface area contributed by atoms with Gasteiger partial charge in [-0.25, -0.2) is 9.18 Å². The van der Waals surface area contributed by atoms with Gasteiger partial charge in [0.2, 0.25) is 5.91 Å². The highest BCUT2D eigenvalue weighted by Gasteiger charge is 2.68. The number of hydrogen-bond donors (Lipinski definition) is 4. The quantitative estimate of drug-likeness (QED) is 0.160. The molecule has 3 fully saturated rings. The minimum Gasteiger partial charge on any atom is -0.479 e. The fourth-order valence-electron chi connectivity index (χ4n) is 8.62. The van der Waals surface area contributed by atoms with Crippen LogP contribution in [-0.4, -0.2) is 59.6 Å². The molecule has 11 nitrogen and oxygen atoms in total. The number of carbonyl (C=O) groups excluding carboxylic acids is 4. The first kappa shape index (κ1) is 33.1. The lowest BCUT2D eigenvalue weighted by Crippen LogP contribution is -2.63. The Morgan fingerprint density at radius 1 is 1.20 bits per heavy atom. The molecule has 244 valence electrons. The maximum Gasteiger partial charge on any atom is 0.494 e. The highest BCUT2D eigenvalue weighted by molar-refractivity contribution is 6.61. The van der Waals surface area contributed by atoms with Crippen molar-refractivity contribution in [2.24, 2.45) is 34.0 Å². The summed E-state index contributed by atoms with van der Waals surface area (Å²) in [6.07, 6.45) is 3.52. The number of amides is 2. The number of ether oxygens (including phenoxy) is 2. The molecule has 0 radical (unpaired) electrons. The van der Waals surface area contributed by atoms with Gasteiger partial charge in [-0.05, 0) is 54.6 Å². The van der Waals surface area contributed by atoms with Crippen molar-refractivity contribution in [1.29, 1.82) is 0 Å². The second-order valence-corrected chi connectivity index (χ2v) is 13.8. The summed E-state index contributed by atoms with van der Waals surface area (Å²) in [5, 5.41) is 21.9. The van der Waals surface area contributed by atoms with Gasteiger partial charge in [-0.3, -0.25) is 25.2 Å². The van der Waals surface area contributed by atoms with Gasteiger partial charge in [0.05, 0.1) is 12.7 Å². The van der Waals surface area contributed by atoms with E-state index < -0.39 is 71.7 Å². The van der Waals surface area contributed by atoms with Crippen LogP contribution < -0.4 is 21.1 Å². The third kappa shape index (κ3) is 5.67. The zero-order valence-corrected chi connectivity index (χ0v) is 26.4. The monoisotopic (exact) mass is 628 g/mol. The molecule has 5 rings (SSSR count). The van der Waals surface area contributed by atoms with Crippen molar-refractivity contribution in [2.75, 3.05) is 6.61 Å². The molecule has 2 amide bonds. The van der Waals surface area contributed by atoms with Gasteiger partial charge in [0, 0.05) is 41.6 Å². The van der Waals surface area contributed by atoms with Crippen LogP contribution in [0.3, 0.4) is 0 Å². The SMILES string of the molecule is CC(=O)NNC(=O)/C=C/[C@]1(C)C[C@@H](OC(=O)COc2ccc3c(c2F)B(O)OC3)[C@@]2(C)[C@@H]3C(=O)CC[C@@]3(CC[C@@H]2C)[C@@H](C)[C@@H]1O. The Balaban J connectivity index is 1.46. The number of aliphatic hydroxyl groups is 1. The number of ketones is 1. The molecular formula is C32H42BFN2O9. The van der Waals surface area contributed by atoms with E-state index in [-0.39, 0.29) is 41.9 Å². The number of carbonyl (C=O) groups is 4. The van der Waals surface area contributed by atoms with Gasteiger partial charge in [-0.15, -0.1) is 0 Å². The normalized spacial score (nSPS) is 35.7. The second-order valence-electron chi connectivity index (χ2n) is 13.8. The number of nitrogens with one attached hydrogen (secondary N) is 2. The van der Waals surface area contributed by atoms with Crippen LogP contribution in [0.1, 0.15) is 72.3 Å². The fourth-order valence-corrected chi connectivity index (χ4v) is 8.62. The van der Waals surface area contributed by atoms with Crippen molar-refractivity contribution in [3.05, 3.63) is 35.7 Å². The van der Waals surface area contributed by atoms with Gasteiger partial charge in [0.1, 0.15) is 11.9 Å². The van der Waals surface area contributed by atoms with Crippen LogP contribution in [0.25, 0.3) is 0 Å². The summed E-state index contributed by atoms with van der Waals surface area (Å²) in [5.41, 5.74) is 2.55. The summed E-state index contributed by atoms with van der Waals surface area (Å²) in [5.74, 6) is -3.60. The van der Waals surface area contributed by atoms with E-state index in [4.69, 9.17) is 14.1 Å². The first-order valence-corrected chi connectivity index (χ1v) is 15.5. The van der Waals surface area contributed by atoms with E-state index in [2.05, 4.69) is 17.8 Å². The Labute approximate surface area is 262 Å². The number of Topliss-reactive ketones (excluding diaryl/α,β-unsaturated/α-hetero) is 1. The molecule has 45 heavy (non-hydrogen) atoms. The summed E-state index contributed by atoms with van der Waals surface area (Å²) < 4.78 is 31.8. The van der Waals surface area contributed by atoms with Gasteiger partial charge in [0.15, 0.2) is 18.2 Å². The average Bonchev–Trinajstić information content (AvgIpc) is 3.55. The Morgan fingerprint density at radius 2 is 1.93 bits per heavy atom. The summed E-state index contributed by atoms with van der Waals surface area (Å²) in [6.45, 7) is 8.46. The van der Waals surface area contributed by atoms with Gasteiger partial charge in [-0.1, -0.05) is 39.8 Å². The molecule has 1 aliphatic heterocycles. The largest absolute Gasteiger partial charge is 0.494 e. The molecule has 0 spiro atoms. The first-order valence-electron chi connectivity index (χ1n) is 15.5. The van der Waals surface area contributed by atoms with E-state index in [9.17, 15) is 29.3 Å². The number of fused-ring (bicyclic) bond motifs is 1. The van der Waals surface area contributed by atoms with Crippen molar-refractivity contribution in [3.63, 3.8) is 0 Å². The van der Waals surface area contributed by atoms with Crippen molar-refractivity contribution < 1.29 is 47.8 Å². The van der Waals surface area contributed by atoms with Crippen LogP contribution in [0, 0.1) is 39.8 Å². The molecule has 4 aliphatic rings. The highest BCUT2D eigenvalue weighted by Crippen LogP contribution is 2.68. The maximum absolute atomic E-state index is 15.1. The zero-order valence-electron chi connectivity index (χ0n) is 26.4. The summed E-state index contributed by atoms with van der Waals surface area (Å²) in [7, 11) is -1.43. The predicted octanol–water partition coefficient (Wildman–Crippen LogP) is 1.87. The van der Waals surface area contributed by atoms with E-state index >= 15 is 4.39 Å². The van der Waals surface area contributed by atoms with E-state index in [0.29, 0.717) is 18.4 Å². The lowest BCUT2D eigenvalue weighted by atomic mass is 9.44. The molecule has 1 aromatic carbocycles. The van der Waals surface area contributed by atoms with Crippen LogP contribution in [0.15, 0.2) is 24.3 Å². The lowest BCUT2D eigenvalue weighted by molar-refractivity contribution is -0.207.